The molecule has 0 saturated carbocycles. The summed E-state index contributed by atoms with van der Waals surface area (Å²) in [6, 6.07) is 14.4. The molecule has 0 atom stereocenters. The van der Waals surface area contributed by atoms with Crippen molar-refractivity contribution in [2.24, 2.45) is 0 Å². The summed E-state index contributed by atoms with van der Waals surface area (Å²) in [5.41, 5.74) is 2.35. The molecule has 1 heterocycles. The number of ether oxygens (including phenoxy) is 1. The molecule has 0 radical (unpaired) electrons. The van der Waals surface area contributed by atoms with Crippen molar-refractivity contribution in [3.8, 4) is 5.75 Å². The van der Waals surface area contributed by atoms with E-state index in [2.05, 4.69) is 35.8 Å². The van der Waals surface area contributed by atoms with Crippen LogP contribution in [0.5, 0.6) is 5.75 Å². The fourth-order valence-electron chi connectivity index (χ4n) is 2.58. The van der Waals surface area contributed by atoms with Gasteiger partial charge in [0.25, 0.3) is 0 Å². The van der Waals surface area contributed by atoms with Gasteiger partial charge in [-0.2, -0.15) is 0 Å². The topological polar surface area (TPSA) is 14.2 Å². The molecule has 3 aromatic rings. The molecule has 19 heavy (non-hydrogen) atoms. The number of hydrogen-bond donors (Lipinski definition) is 0. The van der Waals surface area contributed by atoms with Gasteiger partial charge in [-0.1, -0.05) is 30.4 Å². The molecule has 0 unspecified atom stereocenters. The summed E-state index contributed by atoms with van der Waals surface area (Å²) < 4.78 is 8.50. The van der Waals surface area contributed by atoms with E-state index in [0.717, 1.165) is 33.1 Å². The molecule has 2 nitrogen and oxygen atoms in total. The molecule has 3 rings (SSSR count). The van der Waals surface area contributed by atoms with Crippen LogP contribution < -0.4 is 4.74 Å². The van der Waals surface area contributed by atoms with Crippen molar-refractivity contribution in [1.82, 2.24) is 4.57 Å². The first-order chi connectivity index (χ1) is 9.26. The highest BCUT2D eigenvalue weighted by Gasteiger charge is 2.07. The fraction of sp³-hybridized carbons (Fsp3) is 0.188. The second kappa shape index (κ2) is 4.67. The largest absolute Gasteiger partial charge is 0.497 e. The van der Waals surface area contributed by atoms with Gasteiger partial charge in [0.15, 0.2) is 0 Å². The number of methoxy groups -OCH3 is 1. The Morgan fingerprint density at radius 3 is 2.53 bits per heavy atom. The first kappa shape index (κ1) is 12.2. The highest BCUT2D eigenvalue weighted by atomic mass is 32.1. The molecule has 0 aliphatic carbocycles. The maximum absolute atomic E-state index is 5.64. The van der Waals surface area contributed by atoms with E-state index in [-0.39, 0.29) is 0 Å². The first-order valence-corrected chi connectivity index (χ1v) is 6.76. The molecule has 0 aliphatic heterocycles. The molecule has 96 valence electrons. The Labute approximate surface area is 117 Å². The zero-order valence-corrected chi connectivity index (χ0v) is 11.8. The highest BCUT2D eigenvalue weighted by molar-refractivity contribution is 7.72. The van der Waals surface area contributed by atoms with Crippen LogP contribution in [0, 0.1) is 4.51 Å². The van der Waals surface area contributed by atoms with Gasteiger partial charge in [0, 0.05) is 22.8 Å². The summed E-state index contributed by atoms with van der Waals surface area (Å²) in [4.78, 5) is 0. The van der Waals surface area contributed by atoms with Crippen LogP contribution in [-0.4, -0.2) is 11.7 Å². The average molecular weight is 269 g/mol. The van der Waals surface area contributed by atoms with Gasteiger partial charge in [-0.3, -0.25) is 0 Å². The van der Waals surface area contributed by atoms with E-state index < -0.39 is 0 Å². The molecule has 0 fully saturated rings. The summed E-state index contributed by atoms with van der Waals surface area (Å²) in [6.45, 7) is 3.07. The quantitative estimate of drug-likeness (QED) is 0.500. The van der Waals surface area contributed by atoms with Crippen LogP contribution in [0.1, 0.15) is 6.92 Å². The summed E-state index contributed by atoms with van der Waals surface area (Å²) in [6.07, 6.45) is 0. The third-order valence-corrected chi connectivity index (χ3v) is 3.93. The SMILES string of the molecule is CCn1c2ccccc2c(=S)c2cc(OC)ccc21. The zero-order valence-electron chi connectivity index (χ0n) is 11.0. The highest BCUT2D eigenvalue weighted by Crippen LogP contribution is 2.28. The van der Waals surface area contributed by atoms with Crippen LogP contribution in [0.2, 0.25) is 0 Å². The monoisotopic (exact) mass is 269 g/mol. The molecule has 0 N–H and O–H groups in total. The zero-order chi connectivity index (χ0) is 13.4. The number of para-hydroxylation sites is 1. The van der Waals surface area contributed by atoms with Crippen LogP contribution in [0.4, 0.5) is 0 Å². The minimum Gasteiger partial charge on any atom is -0.497 e. The van der Waals surface area contributed by atoms with Gasteiger partial charge in [-0.15, -0.1) is 0 Å². The number of hydrogen-bond acceptors (Lipinski definition) is 2. The van der Waals surface area contributed by atoms with Gasteiger partial charge in [0.05, 0.1) is 17.1 Å². The van der Waals surface area contributed by atoms with Gasteiger partial charge in [0.1, 0.15) is 5.75 Å². The van der Waals surface area contributed by atoms with Crippen LogP contribution in [0.3, 0.4) is 0 Å². The normalized spacial score (nSPS) is 11.1. The number of rotatable bonds is 2. The fourth-order valence-corrected chi connectivity index (χ4v) is 2.91. The molecular formula is C16H15NOS. The maximum atomic E-state index is 5.64. The molecule has 2 aromatic carbocycles. The molecule has 0 saturated heterocycles. The van der Waals surface area contributed by atoms with Gasteiger partial charge in [-0.05, 0) is 31.2 Å². The van der Waals surface area contributed by atoms with Crippen molar-refractivity contribution in [2.75, 3.05) is 7.11 Å². The van der Waals surface area contributed by atoms with E-state index in [1.165, 1.54) is 5.52 Å². The van der Waals surface area contributed by atoms with E-state index in [0.29, 0.717) is 0 Å². The molecule has 0 amide bonds. The van der Waals surface area contributed by atoms with Crippen molar-refractivity contribution < 1.29 is 4.74 Å². The third kappa shape index (κ3) is 1.81. The van der Waals surface area contributed by atoms with Crippen molar-refractivity contribution in [3.05, 3.63) is 47.0 Å². The van der Waals surface area contributed by atoms with Gasteiger partial charge >= 0.3 is 0 Å². The average Bonchev–Trinajstić information content (AvgIpc) is 2.48. The standard InChI is InChI=1S/C16H15NOS/c1-3-17-14-7-5-4-6-12(14)16(19)13-10-11(18-2)8-9-15(13)17/h4-10H,3H2,1-2H3. The molecule has 0 aliphatic rings. The van der Waals surface area contributed by atoms with Gasteiger partial charge in [-0.25, -0.2) is 0 Å². The summed E-state index contributed by atoms with van der Waals surface area (Å²) >= 11 is 5.64. The van der Waals surface area contributed by atoms with E-state index in [9.17, 15) is 0 Å². The summed E-state index contributed by atoms with van der Waals surface area (Å²) in [5, 5.41) is 2.20. The minimum atomic E-state index is 0.844. The smallest absolute Gasteiger partial charge is 0.119 e. The van der Waals surface area contributed by atoms with Crippen LogP contribution in [0.25, 0.3) is 21.8 Å². The Bertz CT molecular complexity index is 820. The maximum Gasteiger partial charge on any atom is 0.119 e. The van der Waals surface area contributed by atoms with Crippen molar-refractivity contribution in [1.29, 1.82) is 0 Å². The Balaban J connectivity index is 2.57. The Morgan fingerprint density at radius 2 is 1.79 bits per heavy atom. The van der Waals surface area contributed by atoms with E-state index >= 15 is 0 Å². The number of nitrogens with zero attached hydrogens (tertiary/aromatic N) is 1. The Hall–Kier alpha value is -1.87. The number of aromatic nitrogens is 1. The molecule has 1 aromatic heterocycles. The molecule has 3 heteroatoms. The lowest BCUT2D eigenvalue weighted by atomic mass is 10.1. The van der Waals surface area contributed by atoms with Crippen molar-refractivity contribution >= 4 is 34.0 Å². The predicted octanol–water partition coefficient (Wildman–Crippen LogP) is 4.55. The lowest BCUT2D eigenvalue weighted by Crippen LogP contribution is -2.00. The van der Waals surface area contributed by atoms with E-state index in [4.69, 9.17) is 17.0 Å². The second-order valence-electron chi connectivity index (χ2n) is 4.47. The lowest BCUT2D eigenvalue weighted by Gasteiger charge is -2.14. The molecule has 0 bridgehead atoms. The first-order valence-electron chi connectivity index (χ1n) is 6.35. The van der Waals surface area contributed by atoms with Gasteiger partial charge in [0.2, 0.25) is 0 Å². The Morgan fingerprint density at radius 1 is 1.05 bits per heavy atom. The lowest BCUT2D eigenvalue weighted by molar-refractivity contribution is 0.415. The molecule has 0 spiro atoms. The second-order valence-corrected chi connectivity index (χ2v) is 4.88. The van der Waals surface area contributed by atoms with Crippen LogP contribution in [0.15, 0.2) is 42.5 Å². The number of fused-ring (bicyclic) bond motifs is 2. The van der Waals surface area contributed by atoms with Crippen LogP contribution >= 0.6 is 12.2 Å². The van der Waals surface area contributed by atoms with Crippen molar-refractivity contribution in [3.63, 3.8) is 0 Å². The van der Waals surface area contributed by atoms with Gasteiger partial charge < -0.3 is 9.30 Å². The number of benzene rings is 2. The van der Waals surface area contributed by atoms with E-state index in [1.54, 1.807) is 7.11 Å². The predicted molar refractivity (Wildman–Crippen MR) is 82.5 cm³/mol. The third-order valence-electron chi connectivity index (χ3n) is 3.49. The van der Waals surface area contributed by atoms with Crippen molar-refractivity contribution in [2.45, 2.75) is 13.5 Å². The summed E-state index contributed by atoms with van der Waals surface area (Å²) in [5.74, 6) is 0.844. The van der Waals surface area contributed by atoms with Crippen LogP contribution in [-0.2, 0) is 6.54 Å². The number of aryl methyl sites for hydroxylation is 1. The Kier molecular flexibility index (Phi) is 2.99. The van der Waals surface area contributed by atoms with E-state index in [1.807, 2.05) is 18.2 Å². The summed E-state index contributed by atoms with van der Waals surface area (Å²) in [7, 11) is 1.68. The number of pyridine rings is 1. The molecular weight excluding hydrogens is 254 g/mol. The minimum absolute atomic E-state index is 0.844.